The predicted molar refractivity (Wildman–Crippen MR) is 79.3 cm³/mol. The van der Waals surface area contributed by atoms with Crippen molar-refractivity contribution in [3.63, 3.8) is 0 Å². The van der Waals surface area contributed by atoms with Crippen LogP contribution in [-0.4, -0.2) is 38.0 Å². The van der Waals surface area contributed by atoms with Crippen LogP contribution < -0.4 is 5.32 Å². The van der Waals surface area contributed by atoms with Gasteiger partial charge >= 0.3 is 0 Å². The fraction of sp³-hybridized carbons (Fsp3) is 0.286. The number of hydrogen-bond acceptors (Lipinski definition) is 5. The molecule has 2 rings (SSSR count). The average Bonchev–Trinajstić information content (AvgIpc) is 2.98. The Bertz CT molecular complexity index is 716. The zero-order valence-corrected chi connectivity index (χ0v) is 12.8. The molecule has 0 saturated carbocycles. The van der Waals surface area contributed by atoms with Crippen LogP contribution in [0.5, 0.6) is 0 Å². The highest BCUT2D eigenvalue weighted by Gasteiger charge is 2.25. The number of sulfonamides is 1. The Morgan fingerprint density at radius 3 is 2.77 bits per heavy atom. The Hall–Kier alpha value is -1.90. The van der Waals surface area contributed by atoms with Gasteiger partial charge < -0.3 is 14.8 Å². The Balaban J connectivity index is 2.33. The van der Waals surface area contributed by atoms with Crippen molar-refractivity contribution in [3.8, 4) is 0 Å². The van der Waals surface area contributed by atoms with Crippen LogP contribution in [-0.2, 0) is 16.6 Å². The van der Waals surface area contributed by atoms with E-state index in [0.717, 1.165) is 16.4 Å². The molecule has 120 valence electrons. The van der Waals surface area contributed by atoms with Crippen LogP contribution in [0.3, 0.4) is 0 Å². The van der Waals surface area contributed by atoms with Gasteiger partial charge in [0.15, 0.2) is 0 Å². The minimum Gasteiger partial charge on any atom is -0.468 e. The highest BCUT2D eigenvalue weighted by molar-refractivity contribution is 7.89. The van der Waals surface area contributed by atoms with Gasteiger partial charge in [-0.05, 0) is 30.3 Å². The Morgan fingerprint density at radius 2 is 2.14 bits per heavy atom. The van der Waals surface area contributed by atoms with E-state index in [1.807, 2.05) is 0 Å². The largest absolute Gasteiger partial charge is 0.468 e. The number of hydrogen-bond donors (Lipinski definition) is 2. The second kappa shape index (κ2) is 6.91. The minimum atomic E-state index is -3.91. The van der Waals surface area contributed by atoms with Crippen LogP contribution >= 0.6 is 0 Å². The fourth-order valence-corrected chi connectivity index (χ4v) is 3.23. The highest BCUT2D eigenvalue weighted by Crippen LogP contribution is 2.26. The first-order chi connectivity index (χ1) is 10.4. The predicted octanol–water partition coefficient (Wildman–Crippen LogP) is 1.64. The number of rotatable bonds is 7. The van der Waals surface area contributed by atoms with Crippen molar-refractivity contribution >= 4 is 15.7 Å². The van der Waals surface area contributed by atoms with Gasteiger partial charge in [-0.15, -0.1) is 0 Å². The van der Waals surface area contributed by atoms with Crippen molar-refractivity contribution in [3.05, 3.63) is 48.2 Å². The van der Waals surface area contributed by atoms with Crippen molar-refractivity contribution in [2.45, 2.75) is 11.4 Å². The van der Waals surface area contributed by atoms with Gasteiger partial charge in [-0.1, -0.05) is 0 Å². The summed E-state index contributed by atoms with van der Waals surface area (Å²) < 4.78 is 44.9. The van der Waals surface area contributed by atoms with Gasteiger partial charge in [0, 0.05) is 13.6 Å². The van der Waals surface area contributed by atoms with Crippen LogP contribution in [0.25, 0.3) is 0 Å². The van der Waals surface area contributed by atoms with Crippen LogP contribution in [0.2, 0.25) is 0 Å². The smallest absolute Gasteiger partial charge is 0.245 e. The zero-order valence-electron chi connectivity index (χ0n) is 12.0. The maximum absolute atomic E-state index is 13.5. The topological polar surface area (TPSA) is 82.8 Å². The van der Waals surface area contributed by atoms with Crippen molar-refractivity contribution < 1.29 is 22.3 Å². The van der Waals surface area contributed by atoms with Crippen molar-refractivity contribution in [2.75, 3.05) is 25.5 Å². The Kier molecular flexibility index (Phi) is 5.17. The molecule has 0 bridgehead atoms. The molecule has 0 aliphatic carbocycles. The third-order valence-corrected chi connectivity index (χ3v) is 4.86. The molecule has 2 aromatic rings. The summed E-state index contributed by atoms with van der Waals surface area (Å²) in [4.78, 5) is -0.185. The van der Waals surface area contributed by atoms with Crippen molar-refractivity contribution in [1.82, 2.24) is 4.31 Å². The van der Waals surface area contributed by atoms with E-state index >= 15 is 0 Å². The van der Waals surface area contributed by atoms with Gasteiger partial charge in [0.2, 0.25) is 10.0 Å². The molecule has 0 aliphatic rings. The number of nitrogens with one attached hydrogen (secondary N) is 1. The van der Waals surface area contributed by atoms with Crippen molar-refractivity contribution in [2.24, 2.45) is 0 Å². The maximum atomic E-state index is 13.5. The van der Waals surface area contributed by atoms with E-state index in [4.69, 9.17) is 9.52 Å². The van der Waals surface area contributed by atoms with E-state index in [2.05, 4.69) is 5.32 Å². The van der Waals surface area contributed by atoms with E-state index in [9.17, 15) is 12.8 Å². The molecule has 0 unspecified atom stereocenters. The van der Waals surface area contributed by atoms with Gasteiger partial charge in [0.25, 0.3) is 0 Å². The van der Waals surface area contributed by atoms with Crippen LogP contribution in [0.1, 0.15) is 5.76 Å². The summed E-state index contributed by atoms with van der Waals surface area (Å²) >= 11 is 0. The summed E-state index contributed by atoms with van der Waals surface area (Å²) in [6.45, 7) is 0.0282. The SMILES string of the molecule is CN(Cc1ccco1)S(=O)(=O)c1cc(F)ccc1NCCO. The maximum Gasteiger partial charge on any atom is 0.245 e. The second-order valence-corrected chi connectivity index (χ2v) is 6.64. The molecule has 8 heteroatoms. The van der Waals surface area contributed by atoms with Crippen molar-refractivity contribution in [1.29, 1.82) is 0 Å². The first kappa shape index (κ1) is 16.5. The molecule has 0 fully saturated rings. The number of aliphatic hydroxyl groups excluding tert-OH is 1. The lowest BCUT2D eigenvalue weighted by Gasteiger charge is -2.19. The van der Waals surface area contributed by atoms with Crippen LogP contribution in [0.15, 0.2) is 45.9 Å². The standard InChI is InChI=1S/C14H17FN2O4S/c1-17(10-12-3-2-8-21-12)22(19,20)14-9-11(15)4-5-13(14)16-6-7-18/h2-5,8-9,16,18H,6-7,10H2,1H3. The molecule has 0 radical (unpaired) electrons. The summed E-state index contributed by atoms with van der Waals surface area (Å²) in [5.74, 6) is -0.174. The van der Waals surface area contributed by atoms with Gasteiger partial charge in [0.05, 0.1) is 25.1 Å². The van der Waals surface area contributed by atoms with Gasteiger partial charge in [0.1, 0.15) is 16.5 Å². The molecule has 22 heavy (non-hydrogen) atoms. The van der Waals surface area contributed by atoms with E-state index in [-0.39, 0.29) is 30.3 Å². The van der Waals surface area contributed by atoms with Crippen LogP contribution in [0, 0.1) is 5.82 Å². The molecule has 0 aliphatic heterocycles. The lowest BCUT2D eigenvalue weighted by Crippen LogP contribution is -2.27. The van der Waals surface area contributed by atoms with Gasteiger partial charge in [-0.2, -0.15) is 4.31 Å². The number of furan rings is 1. The molecule has 1 aromatic carbocycles. The van der Waals surface area contributed by atoms with Gasteiger partial charge in [-0.3, -0.25) is 0 Å². The Labute approximate surface area is 128 Å². The van der Waals surface area contributed by atoms with E-state index in [1.54, 1.807) is 12.1 Å². The number of nitrogens with zero attached hydrogens (tertiary/aromatic N) is 1. The Morgan fingerprint density at radius 1 is 1.36 bits per heavy atom. The van der Waals surface area contributed by atoms with E-state index in [1.165, 1.54) is 19.4 Å². The first-order valence-corrected chi connectivity index (χ1v) is 8.02. The second-order valence-electron chi connectivity index (χ2n) is 4.63. The molecular weight excluding hydrogens is 311 g/mol. The molecule has 0 spiro atoms. The lowest BCUT2D eigenvalue weighted by molar-refractivity contribution is 0.311. The molecule has 0 amide bonds. The quantitative estimate of drug-likeness (QED) is 0.807. The molecule has 0 atom stereocenters. The number of anilines is 1. The first-order valence-electron chi connectivity index (χ1n) is 6.58. The molecule has 1 heterocycles. The monoisotopic (exact) mass is 328 g/mol. The highest BCUT2D eigenvalue weighted by atomic mass is 32.2. The molecular formula is C14H17FN2O4S. The van der Waals surface area contributed by atoms with E-state index in [0.29, 0.717) is 5.76 Å². The minimum absolute atomic E-state index is 0.0330. The number of benzene rings is 1. The summed E-state index contributed by atoms with van der Waals surface area (Å²) in [6.07, 6.45) is 1.45. The average molecular weight is 328 g/mol. The summed E-state index contributed by atoms with van der Waals surface area (Å²) in [5, 5.41) is 11.6. The zero-order chi connectivity index (χ0) is 16.2. The molecule has 1 aromatic heterocycles. The normalized spacial score (nSPS) is 11.8. The third kappa shape index (κ3) is 3.65. The van der Waals surface area contributed by atoms with Gasteiger partial charge in [-0.25, -0.2) is 12.8 Å². The number of halogens is 1. The number of aliphatic hydroxyl groups is 1. The third-order valence-electron chi connectivity index (χ3n) is 3.02. The van der Waals surface area contributed by atoms with E-state index < -0.39 is 15.8 Å². The summed E-state index contributed by atoms with van der Waals surface area (Å²) in [6, 6.07) is 6.76. The molecule has 0 saturated heterocycles. The lowest BCUT2D eigenvalue weighted by atomic mass is 10.3. The molecule has 6 nitrogen and oxygen atoms in total. The summed E-state index contributed by atoms with van der Waals surface area (Å²) in [7, 11) is -2.52. The molecule has 2 N–H and O–H groups in total. The summed E-state index contributed by atoms with van der Waals surface area (Å²) in [5.41, 5.74) is 0.238. The van der Waals surface area contributed by atoms with Crippen LogP contribution in [0.4, 0.5) is 10.1 Å². The fourth-order valence-electron chi connectivity index (χ4n) is 1.92.